The molecule has 1 aliphatic rings. The van der Waals surface area contributed by atoms with Crippen molar-refractivity contribution < 1.29 is 4.79 Å². The highest BCUT2D eigenvalue weighted by molar-refractivity contribution is 5.83. The largest absolute Gasteiger partial charge is 0.348 e. The van der Waals surface area contributed by atoms with Crippen molar-refractivity contribution in [2.24, 2.45) is 0 Å². The number of amides is 1. The smallest absolute Gasteiger partial charge is 0.237 e. The molecule has 1 heterocycles. The van der Waals surface area contributed by atoms with Gasteiger partial charge in [-0.1, -0.05) is 57.0 Å². The van der Waals surface area contributed by atoms with E-state index in [1.54, 1.807) is 0 Å². The second-order valence-corrected chi connectivity index (χ2v) is 5.85. The Morgan fingerprint density at radius 1 is 1.25 bits per heavy atom. The molecule has 2 atom stereocenters. The number of benzene rings is 1. The maximum Gasteiger partial charge on any atom is 0.237 e. The van der Waals surface area contributed by atoms with Crippen LogP contribution in [0.2, 0.25) is 0 Å². The van der Waals surface area contributed by atoms with E-state index in [1.165, 1.54) is 18.4 Å². The molecule has 3 heteroatoms. The number of unbranched alkanes of at least 4 members (excludes halogenated alkanes) is 1. The van der Waals surface area contributed by atoms with Crippen molar-refractivity contribution in [1.82, 2.24) is 10.6 Å². The minimum atomic E-state index is -0.0984. The number of hydrogen-bond acceptors (Lipinski definition) is 2. The lowest BCUT2D eigenvalue weighted by molar-refractivity contribution is -0.127. The van der Waals surface area contributed by atoms with Crippen LogP contribution in [0.4, 0.5) is 0 Å². The molecule has 1 aromatic carbocycles. The van der Waals surface area contributed by atoms with Gasteiger partial charge < -0.3 is 10.6 Å². The summed E-state index contributed by atoms with van der Waals surface area (Å²) in [4.78, 5) is 12.4. The fourth-order valence-corrected chi connectivity index (χ4v) is 2.87. The number of piperazine rings is 1. The zero-order valence-electron chi connectivity index (χ0n) is 12.6. The molecule has 0 bridgehead atoms. The molecular weight excluding hydrogens is 248 g/mol. The molecule has 0 saturated carbocycles. The summed E-state index contributed by atoms with van der Waals surface area (Å²) in [5, 5.41) is 6.74. The first kappa shape index (κ1) is 15.0. The van der Waals surface area contributed by atoms with Gasteiger partial charge in [0.15, 0.2) is 0 Å². The van der Waals surface area contributed by atoms with E-state index in [2.05, 4.69) is 36.6 Å². The molecule has 1 aromatic rings. The lowest BCUT2D eigenvalue weighted by Crippen LogP contribution is -2.66. The average molecular weight is 274 g/mol. The number of rotatable bonds is 6. The Balaban J connectivity index is 1.96. The van der Waals surface area contributed by atoms with Crippen LogP contribution < -0.4 is 10.6 Å². The molecule has 3 nitrogen and oxygen atoms in total. The predicted molar refractivity (Wildman–Crippen MR) is 82.6 cm³/mol. The lowest BCUT2D eigenvalue weighted by atomic mass is 9.86. The maximum absolute atomic E-state index is 12.4. The molecule has 1 saturated heterocycles. The van der Waals surface area contributed by atoms with Crippen molar-refractivity contribution in [2.45, 2.75) is 57.5 Å². The summed E-state index contributed by atoms with van der Waals surface area (Å²) in [5.41, 5.74) is 1.16. The van der Waals surface area contributed by atoms with Crippen molar-refractivity contribution in [1.29, 1.82) is 0 Å². The van der Waals surface area contributed by atoms with Crippen LogP contribution in [0, 0.1) is 0 Å². The van der Waals surface area contributed by atoms with Gasteiger partial charge in [0.2, 0.25) is 5.91 Å². The van der Waals surface area contributed by atoms with Gasteiger partial charge in [-0.05, 0) is 24.8 Å². The van der Waals surface area contributed by atoms with Gasteiger partial charge in [-0.2, -0.15) is 0 Å². The second-order valence-electron chi connectivity index (χ2n) is 5.85. The van der Waals surface area contributed by atoms with Crippen LogP contribution >= 0.6 is 0 Å². The summed E-state index contributed by atoms with van der Waals surface area (Å²) in [6.45, 7) is 5.24. The fourth-order valence-electron chi connectivity index (χ4n) is 2.87. The van der Waals surface area contributed by atoms with Crippen LogP contribution in [0.3, 0.4) is 0 Å². The van der Waals surface area contributed by atoms with Gasteiger partial charge in [-0.3, -0.25) is 4.79 Å². The van der Waals surface area contributed by atoms with Crippen molar-refractivity contribution in [3.8, 4) is 0 Å². The molecule has 0 spiro atoms. The Morgan fingerprint density at radius 3 is 2.60 bits per heavy atom. The van der Waals surface area contributed by atoms with Gasteiger partial charge in [0.05, 0.1) is 11.6 Å². The summed E-state index contributed by atoms with van der Waals surface area (Å²) in [6.07, 6.45) is 5.16. The fraction of sp³-hybridized carbons (Fsp3) is 0.588. The Labute approximate surface area is 122 Å². The van der Waals surface area contributed by atoms with Crippen molar-refractivity contribution in [3.05, 3.63) is 35.9 Å². The Bertz CT molecular complexity index is 432. The van der Waals surface area contributed by atoms with Crippen LogP contribution in [0.5, 0.6) is 0 Å². The molecule has 1 fully saturated rings. The highest BCUT2D eigenvalue weighted by Gasteiger charge is 2.37. The van der Waals surface area contributed by atoms with Crippen LogP contribution in [-0.4, -0.2) is 24.0 Å². The first-order valence-corrected chi connectivity index (χ1v) is 7.78. The van der Waals surface area contributed by atoms with Crippen molar-refractivity contribution in [3.63, 3.8) is 0 Å². The topological polar surface area (TPSA) is 41.1 Å². The van der Waals surface area contributed by atoms with Crippen molar-refractivity contribution >= 4 is 5.91 Å². The molecule has 2 rings (SSSR count). The summed E-state index contributed by atoms with van der Waals surface area (Å²) in [7, 11) is 0. The Morgan fingerprint density at radius 2 is 2.00 bits per heavy atom. The van der Waals surface area contributed by atoms with E-state index in [0.29, 0.717) is 0 Å². The summed E-state index contributed by atoms with van der Waals surface area (Å²) in [5.74, 6) is 0.151. The van der Waals surface area contributed by atoms with Gasteiger partial charge >= 0.3 is 0 Å². The van der Waals surface area contributed by atoms with Gasteiger partial charge in [0.25, 0.3) is 0 Å². The van der Waals surface area contributed by atoms with E-state index in [-0.39, 0.29) is 17.5 Å². The normalized spacial score (nSPS) is 26.3. The molecule has 1 aliphatic heterocycles. The first-order chi connectivity index (χ1) is 9.69. The Kier molecular flexibility index (Phi) is 5.18. The van der Waals surface area contributed by atoms with E-state index in [9.17, 15) is 4.79 Å². The van der Waals surface area contributed by atoms with Gasteiger partial charge in [0, 0.05) is 6.54 Å². The number of hydrogen-bond donors (Lipinski definition) is 2. The SMILES string of the molecule is CCCCC1(CC)CNC(Cc2ccccc2)C(=O)N1. The summed E-state index contributed by atoms with van der Waals surface area (Å²) in [6, 6.07) is 10.1. The zero-order chi connectivity index (χ0) is 14.4. The zero-order valence-corrected chi connectivity index (χ0v) is 12.6. The van der Waals surface area contributed by atoms with E-state index >= 15 is 0 Å². The Hall–Kier alpha value is -1.35. The third-order valence-corrected chi connectivity index (χ3v) is 4.36. The number of carbonyl (C=O) groups excluding carboxylic acids is 1. The molecule has 0 aliphatic carbocycles. The minimum absolute atomic E-state index is 0.0414. The molecular formula is C17H26N2O. The van der Waals surface area contributed by atoms with Gasteiger partial charge in [-0.25, -0.2) is 0 Å². The molecule has 1 amide bonds. The van der Waals surface area contributed by atoms with Gasteiger partial charge in [0.1, 0.15) is 0 Å². The molecule has 20 heavy (non-hydrogen) atoms. The van der Waals surface area contributed by atoms with Crippen molar-refractivity contribution in [2.75, 3.05) is 6.54 Å². The lowest BCUT2D eigenvalue weighted by Gasteiger charge is -2.41. The highest BCUT2D eigenvalue weighted by atomic mass is 16.2. The molecule has 110 valence electrons. The van der Waals surface area contributed by atoms with Crippen LogP contribution in [0.15, 0.2) is 30.3 Å². The third-order valence-electron chi connectivity index (χ3n) is 4.36. The highest BCUT2D eigenvalue weighted by Crippen LogP contribution is 2.21. The predicted octanol–water partition coefficient (Wildman–Crippen LogP) is 2.66. The number of carbonyl (C=O) groups is 1. The summed E-state index contributed by atoms with van der Waals surface area (Å²) < 4.78 is 0. The standard InChI is InChI=1S/C17H26N2O/c1-3-5-11-17(4-2)13-18-15(16(20)19-17)12-14-9-7-6-8-10-14/h6-10,15,18H,3-5,11-13H2,1-2H3,(H,19,20). The number of nitrogens with one attached hydrogen (secondary N) is 2. The van der Waals surface area contributed by atoms with Crippen LogP contribution in [-0.2, 0) is 11.2 Å². The second kappa shape index (κ2) is 6.89. The van der Waals surface area contributed by atoms with Crippen LogP contribution in [0.1, 0.15) is 45.1 Å². The molecule has 2 unspecified atom stereocenters. The van der Waals surface area contributed by atoms with E-state index in [0.717, 1.165) is 25.8 Å². The molecule has 0 radical (unpaired) electrons. The minimum Gasteiger partial charge on any atom is -0.348 e. The maximum atomic E-state index is 12.4. The van der Waals surface area contributed by atoms with E-state index in [4.69, 9.17) is 0 Å². The molecule has 2 N–H and O–H groups in total. The van der Waals surface area contributed by atoms with Gasteiger partial charge in [-0.15, -0.1) is 0 Å². The summed E-state index contributed by atoms with van der Waals surface area (Å²) >= 11 is 0. The molecule has 0 aromatic heterocycles. The van der Waals surface area contributed by atoms with Crippen LogP contribution in [0.25, 0.3) is 0 Å². The first-order valence-electron chi connectivity index (χ1n) is 7.78. The monoisotopic (exact) mass is 274 g/mol. The quantitative estimate of drug-likeness (QED) is 0.837. The third kappa shape index (κ3) is 3.60. The van der Waals surface area contributed by atoms with E-state index < -0.39 is 0 Å². The average Bonchev–Trinajstić information content (AvgIpc) is 2.49. The van der Waals surface area contributed by atoms with E-state index in [1.807, 2.05) is 18.2 Å².